The Balaban J connectivity index is 4.14. The molecule has 0 fully saturated rings. The van der Waals surface area contributed by atoms with Gasteiger partial charge in [0, 0.05) is 6.61 Å². The highest BCUT2D eigenvalue weighted by atomic mass is 28.4. The van der Waals surface area contributed by atoms with Crippen LogP contribution in [-0.4, -0.2) is 14.9 Å². The first-order valence-corrected chi connectivity index (χ1v) is 9.41. The average Bonchev–Trinajstić information content (AvgIpc) is 2.16. The van der Waals surface area contributed by atoms with E-state index in [2.05, 4.69) is 59.9 Å². The Morgan fingerprint density at radius 3 is 2.25 bits per heavy atom. The Morgan fingerprint density at radius 2 is 1.81 bits per heavy atom. The first kappa shape index (κ1) is 15.9. The van der Waals surface area contributed by atoms with Crippen LogP contribution in [0.1, 0.15) is 47.5 Å². The van der Waals surface area contributed by atoms with Gasteiger partial charge >= 0.3 is 0 Å². The van der Waals surface area contributed by atoms with E-state index >= 15 is 0 Å². The van der Waals surface area contributed by atoms with E-state index in [1.165, 1.54) is 0 Å². The first-order chi connectivity index (χ1) is 7.25. The maximum atomic E-state index is 6.21. The molecule has 0 aliphatic rings. The molecular weight excluding hydrogens is 212 g/mol. The van der Waals surface area contributed by atoms with Crippen LogP contribution in [0, 0.1) is 5.92 Å². The van der Waals surface area contributed by atoms with Gasteiger partial charge in [0.05, 0.1) is 0 Å². The molecule has 0 atom stereocenters. The molecule has 2 heteroatoms. The highest BCUT2D eigenvalue weighted by Gasteiger charge is 2.42. The third kappa shape index (κ3) is 4.42. The number of hydrogen-bond donors (Lipinski definition) is 0. The Bertz CT molecular complexity index is 217. The summed E-state index contributed by atoms with van der Waals surface area (Å²) in [6.45, 7) is 17.0. The van der Waals surface area contributed by atoms with Crippen LogP contribution in [0.15, 0.2) is 12.2 Å². The van der Waals surface area contributed by atoms with Crippen molar-refractivity contribution in [3.63, 3.8) is 0 Å². The second-order valence-electron chi connectivity index (χ2n) is 5.95. The molecule has 0 aliphatic carbocycles. The van der Waals surface area contributed by atoms with Gasteiger partial charge in [0.25, 0.3) is 0 Å². The third-order valence-electron chi connectivity index (χ3n) is 4.21. The van der Waals surface area contributed by atoms with Crippen LogP contribution in [-0.2, 0) is 4.43 Å². The summed E-state index contributed by atoms with van der Waals surface area (Å²) in [4.78, 5) is 0. The van der Waals surface area contributed by atoms with Crippen LogP contribution in [0.5, 0.6) is 0 Å². The number of hydrogen-bond acceptors (Lipinski definition) is 1. The maximum Gasteiger partial charge on any atom is 0.192 e. The predicted octanol–water partition coefficient (Wildman–Crippen LogP) is 5.00. The van der Waals surface area contributed by atoms with Crippen LogP contribution in [0.2, 0.25) is 18.1 Å². The lowest BCUT2D eigenvalue weighted by molar-refractivity contribution is 0.263. The molecule has 0 aromatic rings. The molecule has 0 saturated heterocycles. The minimum Gasteiger partial charge on any atom is -0.417 e. The van der Waals surface area contributed by atoms with Crippen LogP contribution in [0.25, 0.3) is 0 Å². The monoisotopic (exact) mass is 242 g/mol. The predicted molar refractivity (Wildman–Crippen MR) is 76.4 cm³/mol. The fourth-order valence-corrected chi connectivity index (χ4v) is 3.99. The molecule has 0 radical (unpaired) electrons. The van der Waals surface area contributed by atoms with Gasteiger partial charge < -0.3 is 4.43 Å². The van der Waals surface area contributed by atoms with E-state index in [1.54, 1.807) is 0 Å². The highest BCUT2D eigenvalue weighted by Crippen LogP contribution is 2.44. The summed E-state index contributed by atoms with van der Waals surface area (Å²) < 4.78 is 6.21. The standard InChI is InChI=1S/C14H30OSi/c1-8-9-10-11-12-15-16(6,7)14(4,5)13(2)3/h8-9,13H,10-12H2,1-7H3/b9-8+. The van der Waals surface area contributed by atoms with E-state index in [0.717, 1.165) is 19.4 Å². The molecule has 0 aromatic carbocycles. The van der Waals surface area contributed by atoms with E-state index in [9.17, 15) is 0 Å². The van der Waals surface area contributed by atoms with Crippen LogP contribution < -0.4 is 0 Å². The summed E-state index contributed by atoms with van der Waals surface area (Å²) >= 11 is 0. The molecule has 0 heterocycles. The van der Waals surface area contributed by atoms with Gasteiger partial charge in [-0.05, 0) is 43.8 Å². The van der Waals surface area contributed by atoms with Crippen molar-refractivity contribution in [2.45, 2.75) is 65.6 Å². The van der Waals surface area contributed by atoms with E-state index in [-0.39, 0.29) is 0 Å². The molecule has 0 rings (SSSR count). The van der Waals surface area contributed by atoms with Gasteiger partial charge in [0.2, 0.25) is 0 Å². The van der Waals surface area contributed by atoms with Gasteiger partial charge in [0.1, 0.15) is 0 Å². The molecular formula is C14H30OSi. The molecule has 0 saturated carbocycles. The molecule has 0 N–H and O–H groups in total. The van der Waals surface area contributed by atoms with Crippen molar-refractivity contribution in [1.82, 2.24) is 0 Å². The van der Waals surface area contributed by atoms with Crippen LogP contribution in [0.3, 0.4) is 0 Å². The Hall–Kier alpha value is -0.0831. The summed E-state index contributed by atoms with van der Waals surface area (Å²) in [5.74, 6) is 0.685. The molecule has 0 unspecified atom stereocenters. The Morgan fingerprint density at radius 1 is 1.25 bits per heavy atom. The quantitative estimate of drug-likeness (QED) is 0.347. The molecule has 0 spiro atoms. The van der Waals surface area contributed by atoms with Gasteiger partial charge in [-0.1, -0.05) is 39.8 Å². The lowest BCUT2D eigenvalue weighted by Gasteiger charge is -2.42. The zero-order valence-electron chi connectivity index (χ0n) is 12.3. The summed E-state index contributed by atoms with van der Waals surface area (Å²) in [6, 6.07) is 0. The fourth-order valence-electron chi connectivity index (χ4n) is 1.58. The van der Waals surface area contributed by atoms with Gasteiger partial charge in [-0.25, -0.2) is 0 Å². The van der Waals surface area contributed by atoms with Crippen molar-refractivity contribution >= 4 is 8.32 Å². The fraction of sp³-hybridized carbons (Fsp3) is 0.857. The zero-order chi connectivity index (χ0) is 12.8. The average molecular weight is 242 g/mol. The minimum atomic E-state index is -1.58. The van der Waals surface area contributed by atoms with Gasteiger partial charge in [-0.2, -0.15) is 0 Å². The first-order valence-electron chi connectivity index (χ1n) is 6.51. The molecule has 16 heavy (non-hydrogen) atoms. The maximum absolute atomic E-state index is 6.21. The van der Waals surface area contributed by atoms with Crippen molar-refractivity contribution in [2.75, 3.05) is 6.61 Å². The van der Waals surface area contributed by atoms with Gasteiger partial charge in [-0.15, -0.1) is 0 Å². The van der Waals surface area contributed by atoms with Crippen LogP contribution >= 0.6 is 0 Å². The summed E-state index contributed by atoms with van der Waals surface area (Å²) in [5, 5.41) is 0.341. The topological polar surface area (TPSA) is 9.23 Å². The van der Waals surface area contributed by atoms with Crippen molar-refractivity contribution in [3.8, 4) is 0 Å². The third-order valence-corrected chi connectivity index (χ3v) is 8.82. The van der Waals surface area contributed by atoms with Gasteiger partial charge in [0.15, 0.2) is 8.32 Å². The molecule has 0 bridgehead atoms. The van der Waals surface area contributed by atoms with Crippen molar-refractivity contribution in [2.24, 2.45) is 5.92 Å². The summed E-state index contributed by atoms with van der Waals surface area (Å²) in [5.41, 5.74) is 0. The lowest BCUT2D eigenvalue weighted by atomic mass is 9.99. The molecule has 96 valence electrons. The normalized spacial score (nSPS) is 14.0. The smallest absolute Gasteiger partial charge is 0.192 e. The van der Waals surface area contributed by atoms with E-state index in [4.69, 9.17) is 4.43 Å². The van der Waals surface area contributed by atoms with E-state index in [1.807, 2.05) is 0 Å². The number of allylic oxidation sites excluding steroid dienone is 2. The highest BCUT2D eigenvalue weighted by molar-refractivity contribution is 6.74. The SMILES string of the molecule is C/C=C/CCCO[Si](C)(C)C(C)(C)C(C)C. The molecule has 0 aliphatic heterocycles. The van der Waals surface area contributed by atoms with E-state index < -0.39 is 8.32 Å². The number of unbranched alkanes of at least 4 members (excludes halogenated alkanes) is 1. The van der Waals surface area contributed by atoms with Gasteiger partial charge in [-0.3, -0.25) is 0 Å². The zero-order valence-corrected chi connectivity index (χ0v) is 13.3. The number of rotatable bonds is 7. The Kier molecular flexibility index (Phi) is 6.57. The molecule has 0 aromatic heterocycles. The minimum absolute atomic E-state index is 0.341. The Labute approximate surface area is 103 Å². The van der Waals surface area contributed by atoms with E-state index in [0.29, 0.717) is 11.0 Å². The second kappa shape index (κ2) is 6.60. The largest absolute Gasteiger partial charge is 0.417 e. The van der Waals surface area contributed by atoms with Crippen LogP contribution in [0.4, 0.5) is 0 Å². The van der Waals surface area contributed by atoms with Crippen molar-refractivity contribution in [3.05, 3.63) is 12.2 Å². The molecule has 0 amide bonds. The lowest BCUT2D eigenvalue weighted by Crippen LogP contribution is -2.45. The second-order valence-corrected chi connectivity index (χ2v) is 10.5. The van der Waals surface area contributed by atoms with Crippen molar-refractivity contribution < 1.29 is 4.43 Å². The van der Waals surface area contributed by atoms with Crippen molar-refractivity contribution in [1.29, 1.82) is 0 Å². The molecule has 1 nitrogen and oxygen atoms in total. The summed E-state index contributed by atoms with van der Waals surface area (Å²) in [7, 11) is -1.58. The summed E-state index contributed by atoms with van der Waals surface area (Å²) in [6.07, 6.45) is 6.62.